The molecule has 0 aliphatic carbocycles. The van der Waals surface area contributed by atoms with Gasteiger partial charge in [-0.3, -0.25) is 5.10 Å². The van der Waals surface area contributed by atoms with E-state index in [9.17, 15) is 0 Å². The summed E-state index contributed by atoms with van der Waals surface area (Å²) in [6, 6.07) is 2.11. The number of aliphatic hydroxyl groups is 1. The van der Waals surface area contributed by atoms with E-state index in [0.29, 0.717) is 31.3 Å². The van der Waals surface area contributed by atoms with E-state index in [1.54, 1.807) is 7.11 Å². The molecule has 2 unspecified atom stereocenters. The van der Waals surface area contributed by atoms with E-state index in [4.69, 9.17) is 14.8 Å². The second kappa shape index (κ2) is 13.8. The maximum Gasteiger partial charge on any atom is 0.181 e. The number of aliphatic hydroxyl groups excluding tert-OH is 1. The molecule has 3 aromatic heterocycles. The number of nitrogens with zero attached hydrogens (tertiary/aromatic N) is 3. The lowest BCUT2D eigenvalue weighted by Gasteiger charge is -2.10. The van der Waals surface area contributed by atoms with Crippen LogP contribution in [0.2, 0.25) is 0 Å². The Kier molecular flexibility index (Phi) is 10.6. The van der Waals surface area contributed by atoms with Gasteiger partial charge in [0.1, 0.15) is 5.69 Å². The van der Waals surface area contributed by atoms with Crippen LogP contribution in [0.5, 0.6) is 0 Å². The highest BCUT2D eigenvalue weighted by Gasteiger charge is 2.19. The highest BCUT2D eigenvalue weighted by Crippen LogP contribution is 2.30. The summed E-state index contributed by atoms with van der Waals surface area (Å²) in [5, 5.41) is 20.8. The van der Waals surface area contributed by atoms with Crippen molar-refractivity contribution in [2.75, 3.05) is 33.4 Å². The molecule has 0 saturated carbocycles. The van der Waals surface area contributed by atoms with E-state index in [2.05, 4.69) is 71.1 Å². The molecule has 2 atom stereocenters. The van der Waals surface area contributed by atoms with Crippen LogP contribution in [0.3, 0.4) is 0 Å². The first-order valence-corrected chi connectivity index (χ1v) is 12.9. The molecule has 0 aliphatic heterocycles. The highest BCUT2D eigenvalue weighted by atomic mass is 16.5. The van der Waals surface area contributed by atoms with E-state index < -0.39 is 0 Å². The van der Waals surface area contributed by atoms with Crippen molar-refractivity contribution in [3.63, 3.8) is 0 Å². The summed E-state index contributed by atoms with van der Waals surface area (Å²) in [5.41, 5.74) is 6.44. The van der Waals surface area contributed by atoms with Crippen molar-refractivity contribution >= 4 is 22.7 Å². The van der Waals surface area contributed by atoms with E-state index in [-0.39, 0.29) is 12.5 Å². The minimum atomic E-state index is 0.0956. The number of pyridine rings is 1. The smallest absolute Gasteiger partial charge is 0.181 e. The normalized spacial score (nSPS) is 14.5. The molecule has 4 N–H and O–H groups in total. The number of H-pyrrole nitrogens is 2. The van der Waals surface area contributed by atoms with E-state index in [0.717, 1.165) is 51.4 Å². The van der Waals surface area contributed by atoms with Crippen LogP contribution in [0.15, 0.2) is 48.7 Å². The molecule has 0 amide bonds. The molecule has 0 aromatic carbocycles. The Labute approximate surface area is 219 Å². The number of nitrogens with one attached hydrogen (secondary N) is 3. The Morgan fingerprint density at radius 2 is 2.14 bits per heavy atom. The van der Waals surface area contributed by atoms with Crippen LogP contribution in [0.25, 0.3) is 34.2 Å². The van der Waals surface area contributed by atoms with Crippen molar-refractivity contribution < 1.29 is 9.84 Å². The standard InChI is InChI=1S/C29H40N6O2/c1-7-10-25-26(20(5)18-37-6)33-29(32-25)27-24-15-23(17-31-28(24)35-34-27)22(13-19(4)8-2)14-21(9-3)16-30-11-12-36/h7,9-10,13-15,17,19-20,30,36H,3,8,11-12,16,18H2,1-2,4-6H3,(H,32,33)(H,31,34,35)/b10-7-,21-14+,22-13+. The summed E-state index contributed by atoms with van der Waals surface area (Å²) in [4.78, 5) is 13.0. The lowest BCUT2D eigenvalue weighted by atomic mass is 9.97. The zero-order valence-corrected chi connectivity index (χ0v) is 22.6. The average molecular weight is 505 g/mol. The third-order valence-corrected chi connectivity index (χ3v) is 6.30. The van der Waals surface area contributed by atoms with Crippen molar-refractivity contribution in [2.45, 2.75) is 40.0 Å². The van der Waals surface area contributed by atoms with Gasteiger partial charge in [0.05, 0.1) is 24.3 Å². The van der Waals surface area contributed by atoms with E-state index in [1.165, 1.54) is 0 Å². The first kappa shape index (κ1) is 28.2. The van der Waals surface area contributed by atoms with E-state index >= 15 is 0 Å². The van der Waals surface area contributed by atoms with Gasteiger partial charge in [-0.25, -0.2) is 9.97 Å². The van der Waals surface area contributed by atoms with Gasteiger partial charge in [-0.15, -0.1) is 0 Å². The van der Waals surface area contributed by atoms with Crippen LogP contribution >= 0.6 is 0 Å². The van der Waals surface area contributed by atoms with Gasteiger partial charge in [0.2, 0.25) is 0 Å². The zero-order valence-electron chi connectivity index (χ0n) is 22.6. The largest absolute Gasteiger partial charge is 0.395 e. The number of methoxy groups -OCH3 is 1. The number of aromatic nitrogens is 5. The number of rotatable bonds is 14. The fourth-order valence-electron chi connectivity index (χ4n) is 4.10. The third-order valence-electron chi connectivity index (χ3n) is 6.30. The minimum absolute atomic E-state index is 0.0956. The third kappa shape index (κ3) is 7.13. The molecule has 0 spiro atoms. The van der Waals surface area contributed by atoms with Crippen LogP contribution in [0.1, 0.15) is 57.0 Å². The monoisotopic (exact) mass is 504 g/mol. The molecule has 37 heavy (non-hydrogen) atoms. The van der Waals surface area contributed by atoms with Crippen LogP contribution in [0.4, 0.5) is 0 Å². The van der Waals surface area contributed by atoms with Crippen molar-refractivity contribution in [3.8, 4) is 11.5 Å². The SMILES string of the molecule is C=C/C(=C\C(=C/C(C)CC)c1cnc2n[nH]c(-c3nc(/C=C\C)c(C(C)COC)[nH]3)c2c1)CNCCO. The Hall–Kier alpha value is -3.33. The Balaban J connectivity index is 2.09. The molecule has 0 saturated heterocycles. The summed E-state index contributed by atoms with van der Waals surface area (Å²) in [5.74, 6) is 1.27. The number of imidazole rings is 1. The number of allylic oxidation sites excluding steroid dienone is 4. The number of hydrogen-bond donors (Lipinski definition) is 4. The first-order chi connectivity index (χ1) is 17.9. The van der Waals surface area contributed by atoms with Gasteiger partial charge >= 0.3 is 0 Å². The molecular weight excluding hydrogens is 464 g/mol. The minimum Gasteiger partial charge on any atom is -0.395 e. The molecule has 0 fully saturated rings. The quantitative estimate of drug-likeness (QED) is 0.176. The van der Waals surface area contributed by atoms with Crippen molar-refractivity contribution in [1.29, 1.82) is 0 Å². The number of aromatic amines is 2. The molecule has 3 rings (SSSR count). The molecule has 0 bridgehead atoms. The summed E-state index contributed by atoms with van der Waals surface area (Å²) < 4.78 is 5.38. The molecule has 3 heterocycles. The van der Waals surface area contributed by atoms with E-state index in [1.807, 2.05) is 31.3 Å². The molecule has 8 heteroatoms. The zero-order chi connectivity index (χ0) is 26.8. The van der Waals surface area contributed by atoms with Gasteiger partial charge in [-0.05, 0) is 36.1 Å². The molecule has 3 aromatic rings. The van der Waals surface area contributed by atoms with Crippen molar-refractivity contribution in [1.82, 2.24) is 30.5 Å². The van der Waals surface area contributed by atoms with Crippen molar-refractivity contribution in [3.05, 3.63) is 65.7 Å². The van der Waals surface area contributed by atoms with Gasteiger partial charge in [0.15, 0.2) is 11.5 Å². The first-order valence-electron chi connectivity index (χ1n) is 12.9. The van der Waals surface area contributed by atoms with Crippen molar-refractivity contribution in [2.24, 2.45) is 5.92 Å². The molecular formula is C29H40N6O2. The summed E-state index contributed by atoms with van der Waals surface area (Å²) in [6.45, 7) is 14.3. The molecule has 198 valence electrons. The Bertz CT molecular complexity index is 1270. The van der Waals surface area contributed by atoms with Gasteiger partial charge < -0.3 is 20.1 Å². The summed E-state index contributed by atoms with van der Waals surface area (Å²) in [6.07, 6.45) is 13.1. The lowest BCUT2D eigenvalue weighted by Crippen LogP contribution is -2.20. The Morgan fingerprint density at radius 1 is 1.32 bits per heavy atom. The lowest BCUT2D eigenvalue weighted by molar-refractivity contribution is 0.183. The molecule has 0 radical (unpaired) electrons. The van der Waals surface area contributed by atoms with Gasteiger partial charge in [0, 0.05) is 43.6 Å². The van der Waals surface area contributed by atoms with Crippen LogP contribution in [-0.2, 0) is 4.74 Å². The average Bonchev–Trinajstić information content (AvgIpc) is 3.51. The topological polar surface area (TPSA) is 112 Å². The molecule has 8 nitrogen and oxygen atoms in total. The fraction of sp³-hybridized carbons (Fsp3) is 0.414. The van der Waals surface area contributed by atoms with Gasteiger partial charge in [-0.2, -0.15) is 5.10 Å². The fourth-order valence-corrected chi connectivity index (χ4v) is 4.10. The Morgan fingerprint density at radius 3 is 2.81 bits per heavy atom. The second-order valence-electron chi connectivity index (χ2n) is 9.27. The predicted octanol–water partition coefficient (Wildman–Crippen LogP) is 5.25. The molecule has 0 aliphatic rings. The van der Waals surface area contributed by atoms with Gasteiger partial charge in [0.25, 0.3) is 0 Å². The summed E-state index contributed by atoms with van der Waals surface area (Å²) >= 11 is 0. The highest BCUT2D eigenvalue weighted by molar-refractivity contribution is 5.92. The summed E-state index contributed by atoms with van der Waals surface area (Å²) in [7, 11) is 1.71. The van der Waals surface area contributed by atoms with Crippen LogP contribution < -0.4 is 5.32 Å². The van der Waals surface area contributed by atoms with Gasteiger partial charge in [-0.1, -0.05) is 58.1 Å². The van der Waals surface area contributed by atoms with Crippen LogP contribution in [0, 0.1) is 5.92 Å². The number of ether oxygens (including phenoxy) is 1. The second-order valence-corrected chi connectivity index (χ2v) is 9.27. The maximum atomic E-state index is 9.11. The number of hydrogen-bond acceptors (Lipinski definition) is 6. The maximum absolute atomic E-state index is 9.11. The van der Waals surface area contributed by atoms with Crippen LogP contribution in [-0.4, -0.2) is 63.7 Å². The predicted molar refractivity (Wildman–Crippen MR) is 152 cm³/mol. The number of fused-ring (bicyclic) bond motifs is 1.